The molecule has 0 unspecified atom stereocenters. The second-order valence-corrected chi connectivity index (χ2v) is 5.51. The highest BCUT2D eigenvalue weighted by Gasteiger charge is 2.12. The maximum atomic E-state index is 12.2. The van der Waals surface area contributed by atoms with Gasteiger partial charge in [0.15, 0.2) is 0 Å². The van der Waals surface area contributed by atoms with Crippen LogP contribution >= 0.6 is 15.9 Å². The number of carbonyl (C=O) groups is 1. The van der Waals surface area contributed by atoms with Gasteiger partial charge in [0.1, 0.15) is 0 Å². The first-order valence-electron chi connectivity index (χ1n) is 6.56. The molecule has 4 nitrogen and oxygen atoms in total. The zero-order valence-corrected chi connectivity index (χ0v) is 13.3. The van der Waals surface area contributed by atoms with Gasteiger partial charge in [-0.05, 0) is 37.5 Å². The van der Waals surface area contributed by atoms with Crippen LogP contribution in [0.2, 0.25) is 0 Å². The van der Waals surface area contributed by atoms with E-state index in [1.807, 2.05) is 32.2 Å². The number of anilines is 1. The molecule has 1 heterocycles. The number of aryl methyl sites for hydroxylation is 2. The molecular weight excluding hydrogens is 318 g/mol. The quantitative estimate of drug-likeness (QED) is 0.852. The van der Waals surface area contributed by atoms with Crippen LogP contribution in [0, 0.1) is 6.92 Å². The van der Waals surface area contributed by atoms with Crippen molar-refractivity contribution in [2.45, 2.75) is 19.8 Å². The fraction of sp³-hybridized carbons (Fsp3) is 0.333. The number of benzene rings is 1. The van der Waals surface area contributed by atoms with Crippen LogP contribution < -0.4 is 5.32 Å². The molecule has 20 heavy (non-hydrogen) atoms. The molecule has 0 aliphatic heterocycles. The summed E-state index contributed by atoms with van der Waals surface area (Å²) in [5.74, 6) is -0.117. The zero-order valence-electron chi connectivity index (χ0n) is 11.7. The fourth-order valence-electron chi connectivity index (χ4n) is 2.00. The van der Waals surface area contributed by atoms with Gasteiger partial charge in [0.05, 0.1) is 11.8 Å². The Morgan fingerprint density at radius 2 is 2.25 bits per heavy atom. The van der Waals surface area contributed by atoms with Crippen LogP contribution in [-0.2, 0) is 13.5 Å². The van der Waals surface area contributed by atoms with Crippen LogP contribution in [0.4, 0.5) is 5.69 Å². The average molecular weight is 336 g/mol. The number of rotatable bonds is 5. The van der Waals surface area contributed by atoms with Gasteiger partial charge in [0.2, 0.25) is 0 Å². The number of nitrogens with one attached hydrogen (secondary N) is 1. The number of nitrogens with zero attached hydrogens (tertiary/aromatic N) is 2. The summed E-state index contributed by atoms with van der Waals surface area (Å²) in [6.45, 7) is 1.88. The van der Waals surface area contributed by atoms with Crippen molar-refractivity contribution in [2.24, 2.45) is 7.05 Å². The largest absolute Gasteiger partial charge is 0.322 e. The van der Waals surface area contributed by atoms with E-state index in [1.54, 1.807) is 10.9 Å². The van der Waals surface area contributed by atoms with E-state index in [0.29, 0.717) is 5.56 Å². The lowest BCUT2D eigenvalue weighted by atomic mass is 10.1. The van der Waals surface area contributed by atoms with E-state index in [4.69, 9.17) is 0 Å². The molecule has 2 rings (SSSR count). The Bertz CT molecular complexity index is 607. The number of amides is 1. The van der Waals surface area contributed by atoms with Crippen molar-refractivity contribution >= 4 is 27.5 Å². The number of halogens is 1. The standard InChI is InChI=1S/C15H18BrN3O/c1-11-14(10-17-19(11)2)15(20)18-13-7-3-5-12(9-13)6-4-8-16/h3,5,7,9-10H,4,6,8H2,1-2H3,(H,18,20). The van der Waals surface area contributed by atoms with Gasteiger partial charge in [-0.25, -0.2) is 0 Å². The van der Waals surface area contributed by atoms with Crippen LogP contribution in [-0.4, -0.2) is 21.0 Å². The lowest BCUT2D eigenvalue weighted by Gasteiger charge is -2.07. The molecule has 0 atom stereocenters. The lowest BCUT2D eigenvalue weighted by Crippen LogP contribution is -2.13. The first-order valence-corrected chi connectivity index (χ1v) is 7.69. The van der Waals surface area contributed by atoms with Crippen LogP contribution in [0.1, 0.15) is 28.0 Å². The van der Waals surface area contributed by atoms with Gasteiger partial charge in [-0.1, -0.05) is 28.1 Å². The summed E-state index contributed by atoms with van der Waals surface area (Å²) in [4.78, 5) is 12.2. The molecule has 1 amide bonds. The molecule has 1 N–H and O–H groups in total. The van der Waals surface area contributed by atoms with Gasteiger partial charge in [-0.2, -0.15) is 5.10 Å². The minimum absolute atomic E-state index is 0.117. The van der Waals surface area contributed by atoms with Crippen LogP contribution in [0.3, 0.4) is 0 Å². The Balaban J connectivity index is 2.09. The van der Waals surface area contributed by atoms with E-state index < -0.39 is 0 Å². The Labute approximate surface area is 127 Å². The molecule has 0 saturated heterocycles. The van der Waals surface area contributed by atoms with E-state index in [9.17, 15) is 4.79 Å². The highest BCUT2D eigenvalue weighted by molar-refractivity contribution is 9.09. The Morgan fingerprint density at radius 3 is 2.90 bits per heavy atom. The third-order valence-electron chi connectivity index (χ3n) is 3.26. The van der Waals surface area contributed by atoms with E-state index >= 15 is 0 Å². The van der Waals surface area contributed by atoms with Crippen molar-refractivity contribution in [3.8, 4) is 0 Å². The van der Waals surface area contributed by atoms with Crippen molar-refractivity contribution in [3.05, 3.63) is 47.3 Å². The Hall–Kier alpha value is -1.62. The van der Waals surface area contributed by atoms with Crippen molar-refractivity contribution in [2.75, 3.05) is 10.6 Å². The predicted octanol–water partition coefficient (Wildman–Crippen LogP) is 3.31. The Morgan fingerprint density at radius 1 is 1.45 bits per heavy atom. The second kappa shape index (κ2) is 6.70. The number of aromatic nitrogens is 2. The first kappa shape index (κ1) is 14.8. The summed E-state index contributed by atoms with van der Waals surface area (Å²) in [7, 11) is 1.83. The van der Waals surface area contributed by atoms with Crippen molar-refractivity contribution in [3.63, 3.8) is 0 Å². The molecule has 0 radical (unpaired) electrons. The topological polar surface area (TPSA) is 46.9 Å². The maximum Gasteiger partial charge on any atom is 0.259 e. The number of hydrogen-bond donors (Lipinski definition) is 1. The molecule has 1 aromatic heterocycles. The molecule has 106 valence electrons. The van der Waals surface area contributed by atoms with Gasteiger partial charge in [0.25, 0.3) is 5.91 Å². The molecule has 0 aliphatic carbocycles. The maximum absolute atomic E-state index is 12.2. The normalized spacial score (nSPS) is 10.6. The van der Waals surface area contributed by atoms with Gasteiger partial charge in [-0.3, -0.25) is 9.48 Å². The van der Waals surface area contributed by atoms with Crippen molar-refractivity contribution < 1.29 is 4.79 Å². The van der Waals surface area contributed by atoms with Crippen LogP contribution in [0.5, 0.6) is 0 Å². The van der Waals surface area contributed by atoms with Gasteiger partial charge in [0, 0.05) is 23.8 Å². The lowest BCUT2D eigenvalue weighted by molar-refractivity contribution is 0.102. The summed E-state index contributed by atoms with van der Waals surface area (Å²) in [6.07, 6.45) is 3.68. The zero-order chi connectivity index (χ0) is 14.5. The minimum atomic E-state index is -0.117. The van der Waals surface area contributed by atoms with Crippen LogP contribution in [0.15, 0.2) is 30.5 Å². The molecule has 1 aromatic carbocycles. The summed E-state index contributed by atoms with van der Waals surface area (Å²) in [5, 5.41) is 8.00. The monoisotopic (exact) mass is 335 g/mol. The Kier molecular flexibility index (Phi) is 4.95. The number of carbonyl (C=O) groups excluding carboxylic acids is 1. The summed E-state index contributed by atoms with van der Waals surface area (Å²) >= 11 is 3.43. The molecule has 5 heteroatoms. The first-order chi connectivity index (χ1) is 9.61. The van der Waals surface area contributed by atoms with E-state index in [2.05, 4.69) is 32.4 Å². The summed E-state index contributed by atoms with van der Waals surface area (Å²) in [5.41, 5.74) is 3.52. The van der Waals surface area contributed by atoms with Gasteiger partial charge < -0.3 is 5.32 Å². The number of hydrogen-bond acceptors (Lipinski definition) is 2. The predicted molar refractivity (Wildman–Crippen MR) is 84.5 cm³/mol. The molecule has 0 spiro atoms. The molecule has 0 saturated carbocycles. The van der Waals surface area contributed by atoms with Crippen molar-refractivity contribution in [1.29, 1.82) is 0 Å². The average Bonchev–Trinajstić information content (AvgIpc) is 2.77. The third kappa shape index (κ3) is 3.48. The van der Waals surface area contributed by atoms with Gasteiger partial charge >= 0.3 is 0 Å². The molecule has 0 bridgehead atoms. The molecule has 2 aromatic rings. The highest BCUT2D eigenvalue weighted by atomic mass is 79.9. The van der Waals surface area contributed by atoms with Crippen LogP contribution in [0.25, 0.3) is 0 Å². The summed E-state index contributed by atoms with van der Waals surface area (Å²) < 4.78 is 1.70. The molecule has 0 aliphatic rings. The highest BCUT2D eigenvalue weighted by Crippen LogP contribution is 2.15. The third-order valence-corrected chi connectivity index (χ3v) is 3.82. The van der Waals surface area contributed by atoms with Crippen molar-refractivity contribution in [1.82, 2.24) is 9.78 Å². The molecule has 0 fully saturated rings. The SMILES string of the molecule is Cc1c(C(=O)Nc2cccc(CCCBr)c2)cnn1C. The fourth-order valence-corrected chi connectivity index (χ4v) is 2.28. The van der Waals surface area contributed by atoms with Gasteiger partial charge in [-0.15, -0.1) is 0 Å². The molecular formula is C15H18BrN3O. The van der Waals surface area contributed by atoms with E-state index in [1.165, 1.54) is 5.56 Å². The number of alkyl halides is 1. The smallest absolute Gasteiger partial charge is 0.259 e. The van der Waals surface area contributed by atoms with E-state index in [0.717, 1.165) is 29.6 Å². The second-order valence-electron chi connectivity index (χ2n) is 4.71. The summed E-state index contributed by atoms with van der Waals surface area (Å²) in [6, 6.07) is 7.97. The van der Waals surface area contributed by atoms with E-state index in [-0.39, 0.29) is 5.91 Å². The minimum Gasteiger partial charge on any atom is -0.322 e.